The van der Waals surface area contributed by atoms with Crippen molar-refractivity contribution in [1.29, 1.82) is 0 Å². The lowest BCUT2D eigenvalue weighted by molar-refractivity contribution is 0.749. The van der Waals surface area contributed by atoms with Gasteiger partial charge in [-0.05, 0) is 30.0 Å². The Bertz CT molecular complexity index is 376. The summed E-state index contributed by atoms with van der Waals surface area (Å²) < 4.78 is 0. The molecule has 0 saturated carbocycles. The van der Waals surface area contributed by atoms with E-state index in [1.165, 1.54) is 0 Å². The van der Waals surface area contributed by atoms with Crippen molar-refractivity contribution in [3.63, 3.8) is 0 Å². The molecule has 0 N–H and O–H groups in total. The predicted molar refractivity (Wildman–Crippen MR) is 64.1 cm³/mol. The number of benzene rings is 1. The van der Waals surface area contributed by atoms with Crippen LogP contribution in [0.25, 0.3) is 0 Å². The number of isothiocyanates is 2. The van der Waals surface area contributed by atoms with Gasteiger partial charge in [0, 0.05) is 0 Å². The zero-order chi connectivity index (χ0) is 10.2. The number of hydrogen-bond acceptors (Lipinski definition) is 4. The average molecular weight is 220 g/mol. The minimum Gasteiger partial charge on any atom is -0.230 e. The van der Waals surface area contributed by atoms with Crippen LogP contribution in [0.4, 0.5) is 0 Å². The normalized spacial score (nSPS) is 10.9. The summed E-state index contributed by atoms with van der Waals surface area (Å²) in [5.74, 6) is 0. The molecule has 0 aliphatic carbocycles. The van der Waals surface area contributed by atoms with Crippen molar-refractivity contribution in [2.45, 2.75) is 6.04 Å². The van der Waals surface area contributed by atoms with Crippen LogP contribution in [0.15, 0.2) is 40.3 Å². The summed E-state index contributed by atoms with van der Waals surface area (Å²) in [5.41, 5.74) is 1.05. The van der Waals surface area contributed by atoms with Gasteiger partial charge in [-0.15, -0.1) is 0 Å². The van der Waals surface area contributed by atoms with Crippen molar-refractivity contribution in [2.24, 2.45) is 9.98 Å². The zero-order valence-electron chi connectivity index (χ0n) is 7.38. The van der Waals surface area contributed by atoms with Gasteiger partial charge in [0.05, 0.1) is 16.9 Å². The third-order valence-corrected chi connectivity index (χ3v) is 1.96. The summed E-state index contributed by atoms with van der Waals surface area (Å²) in [7, 11) is 0. The highest BCUT2D eigenvalue weighted by atomic mass is 32.1. The second kappa shape index (κ2) is 6.30. The molecule has 1 unspecified atom stereocenters. The van der Waals surface area contributed by atoms with E-state index in [2.05, 4.69) is 44.7 Å². The third-order valence-electron chi connectivity index (χ3n) is 1.72. The molecule has 0 aromatic heterocycles. The van der Waals surface area contributed by atoms with E-state index in [1.54, 1.807) is 0 Å². The monoisotopic (exact) mass is 220 g/mol. The van der Waals surface area contributed by atoms with Crippen molar-refractivity contribution in [3.05, 3.63) is 35.9 Å². The summed E-state index contributed by atoms with van der Waals surface area (Å²) in [6.07, 6.45) is 0. The molecule has 1 atom stereocenters. The molecule has 0 amide bonds. The fourth-order valence-corrected chi connectivity index (χ4v) is 1.29. The SMILES string of the molecule is S=C=NCC(N=C=S)c1ccccc1. The molecule has 0 fully saturated rings. The molecule has 0 aliphatic heterocycles. The van der Waals surface area contributed by atoms with Gasteiger partial charge in [-0.25, -0.2) is 9.98 Å². The topological polar surface area (TPSA) is 24.7 Å². The summed E-state index contributed by atoms with van der Waals surface area (Å²) in [6.45, 7) is 0.469. The summed E-state index contributed by atoms with van der Waals surface area (Å²) in [4.78, 5) is 7.87. The summed E-state index contributed by atoms with van der Waals surface area (Å²) in [5, 5.41) is 4.67. The van der Waals surface area contributed by atoms with E-state index in [9.17, 15) is 0 Å². The third kappa shape index (κ3) is 3.29. The molecule has 4 heteroatoms. The van der Waals surface area contributed by atoms with Crippen LogP contribution in [0, 0.1) is 0 Å². The second-order valence-corrected chi connectivity index (χ2v) is 2.94. The Balaban J connectivity index is 2.88. The van der Waals surface area contributed by atoms with Gasteiger partial charge in [0.25, 0.3) is 0 Å². The van der Waals surface area contributed by atoms with Gasteiger partial charge in [-0.1, -0.05) is 30.3 Å². The maximum atomic E-state index is 4.57. The summed E-state index contributed by atoms with van der Waals surface area (Å²) in [6, 6.07) is 9.69. The highest BCUT2D eigenvalue weighted by Crippen LogP contribution is 2.16. The lowest BCUT2D eigenvalue weighted by Crippen LogP contribution is -1.98. The van der Waals surface area contributed by atoms with Crippen LogP contribution in [-0.2, 0) is 0 Å². The number of hydrogen-bond donors (Lipinski definition) is 0. The van der Waals surface area contributed by atoms with Crippen molar-refractivity contribution in [1.82, 2.24) is 0 Å². The number of thiocarbonyl (C=S) groups is 2. The number of nitrogens with zero attached hydrogens (tertiary/aromatic N) is 2. The van der Waals surface area contributed by atoms with Crippen LogP contribution < -0.4 is 0 Å². The largest absolute Gasteiger partial charge is 0.230 e. The number of rotatable bonds is 4. The Morgan fingerprint density at radius 2 is 1.86 bits per heavy atom. The molecule has 2 nitrogen and oxygen atoms in total. The van der Waals surface area contributed by atoms with Crippen LogP contribution in [0.3, 0.4) is 0 Å². The van der Waals surface area contributed by atoms with Gasteiger partial charge in [-0.3, -0.25) is 0 Å². The number of aliphatic imine (C=N–C) groups is 2. The Hall–Kier alpha value is -1.18. The molecule has 0 heterocycles. The first-order chi connectivity index (χ1) is 6.88. The van der Waals surface area contributed by atoms with Gasteiger partial charge in [0.1, 0.15) is 6.04 Å². The molecule has 14 heavy (non-hydrogen) atoms. The molecule has 0 bridgehead atoms. The molecule has 1 aromatic rings. The van der Waals surface area contributed by atoms with Crippen LogP contribution in [0.2, 0.25) is 0 Å². The molecular formula is C10H8N2S2. The van der Waals surface area contributed by atoms with E-state index in [4.69, 9.17) is 0 Å². The van der Waals surface area contributed by atoms with E-state index < -0.39 is 0 Å². The van der Waals surface area contributed by atoms with E-state index >= 15 is 0 Å². The van der Waals surface area contributed by atoms with Crippen molar-refractivity contribution in [2.75, 3.05) is 6.54 Å². The predicted octanol–water partition coefficient (Wildman–Crippen LogP) is 2.93. The Kier molecular flexibility index (Phi) is 4.90. The molecular weight excluding hydrogens is 212 g/mol. The lowest BCUT2D eigenvalue weighted by atomic mass is 10.1. The lowest BCUT2D eigenvalue weighted by Gasteiger charge is -2.06. The molecule has 1 rings (SSSR count). The highest BCUT2D eigenvalue weighted by molar-refractivity contribution is 7.78. The standard InChI is InChI=1S/C10H8N2S2/c13-7-11-6-10(12-8-14)9-4-2-1-3-5-9/h1-5,10H,6H2. The summed E-state index contributed by atoms with van der Waals surface area (Å²) >= 11 is 9.07. The van der Waals surface area contributed by atoms with Gasteiger partial charge in [0.2, 0.25) is 0 Å². The average Bonchev–Trinajstić information content (AvgIpc) is 2.25. The minimum atomic E-state index is -0.0934. The van der Waals surface area contributed by atoms with Gasteiger partial charge >= 0.3 is 0 Å². The first kappa shape index (κ1) is 10.9. The Morgan fingerprint density at radius 3 is 2.43 bits per heavy atom. The van der Waals surface area contributed by atoms with E-state index in [0.29, 0.717) is 6.54 Å². The first-order valence-electron chi connectivity index (χ1n) is 4.04. The maximum Gasteiger partial charge on any atom is 0.105 e. The maximum absolute atomic E-state index is 4.57. The van der Waals surface area contributed by atoms with Crippen LogP contribution in [0.1, 0.15) is 11.6 Å². The van der Waals surface area contributed by atoms with Gasteiger partial charge in [-0.2, -0.15) is 0 Å². The van der Waals surface area contributed by atoms with Crippen LogP contribution >= 0.6 is 24.4 Å². The fraction of sp³-hybridized carbons (Fsp3) is 0.200. The second-order valence-electron chi connectivity index (χ2n) is 2.58. The van der Waals surface area contributed by atoms with Crippen LogP contribution in [-0.4, -0.2) is 16.9 Å². The zero-order valence-corrected chi connectivity index (χ0v) is 9.02. The van der Waals surface area contributed by atoms with Crippen molar-refractivity contribution >= 4 is 34.8 Å². The van der Waals surface area contributed by atoms with Gasteiger partial charge < -0.3 is 0 Å². The van der Waals surface area contributed by atoms with Gasteiger partial charge in [0.15, 0.2) is 0 Å². The van der Waals surface area contributed by atoms with E-state index in [1.807, 2.05) is 30.3 Å². The molecule has 70 valence electrons. The molecule has 0 saturated heterocycles. The molecule has 0 spiro atoms. The highest BCUT2D eigenvalue weighted by Gasteiger charge is 2.07. The Morgan fingerprint density at radius 1 is 1.14 bits per heavy atom. The van der Waals surface area contributed by atoms with Crippen molar-refractivity contribution in [3.8, 4) is 0 Å². The Labute approximate surface area is 93.4 Å². The molecule has 0 aliphatic rings. The fourth-order valence-electron chi connectivity index (χ4n) is 1.08. The van der Waals surface area contributed by atoms with E-state index in [0.717, 1.165) is 5.56 Å². The van der Waals surface area contributed by atoms with Crippen LogP contribution in [0.5, 0.6) is 0 Å². The molecule has 1 aromatic carbocycles. The quantitative estimate of drug-likeness (QED) is 0.575. The molecule has 0 radical (unpaired) electrons. The minimum absolute atomic E-state index is 0.0934. The van der Waals surface area contributed by atoms with E-state index in [-0.39, 0.29) is 6.04 Å². The first-order valence-corrected chi connectivity index (χ1v) is 4.85. The smallest absolute Gasteiger partial charge is 0.105 e. The van der Waals surface area contributed by atoms with Crippen molar-refractivity contribution < 1.29 is 0 Å².